The second-order valence-electron chi connectivity index (χ2n) is 21.8. The molecule has 0 saturated carbocycles. The van der Waals surface area contributed by atoms with Gasteiger partial charge in [-0.3, -0.25) is 14.4 Å². The maximum atomic E-state index is 12.8. The Balaban J connectivity index is 1.11. The molecule has 7 aliphatic heterocycles. The number of amides is 3. The summed E-state index contributed by atoms with van der Waals surface area (Å²) in [5.41, 5.74) is 0. The van der Waals surface area contributed by atoms with Gasteiger partial charge in [-0.1, -0.05) is 0 Å². The Morgan fingerprint density at radius 2 is 0.605 bits per heavy atom. The maximum absolute atomic E-state index is 12.8. The largest absolute Gasteiger partial charge is 0.394 e. The number of aliphatic hydroxyl groups excluding tert-OH is 19. The van der Waals surface area contributed by atoms with Gasteiger partial charge >= 0.3 is 0 Å². The van der Waals surface area contributed by atoms with E-state index in [1.54, 1.807) is 0 Å². The highest BCUT2D eigenvalue weighted by atomic mass is 16.8. The van der Waals surface area contributed by atoms with Crippen LogP contribution in [0.2, 0.25) is 0 Å². The van der Waals surface area contributed by atoms with Gasteiger partial charge in [0.25, 0.3) is 0 Å². The lowest BCUT2D eigenvalue weighted by Crippen LogP contribution is -2.71. The monoisotopic (exact) mass is 1260 g/mol. The SMILES string of the molecule is CC(=O)N[C@H]1[C@H](O[C@H]2[C@@H](O)[C@@H](CO)O[C@@H](O[C@H]3[C@H](O)[C@@H](NC(C)=O)[C@H](O[C@H]4[C@@H](O)[C@@H](CO)O[C@@H](O[C@H]5[C@H](O[C@@H]6O[C@@H](C)[C@@H](O)[C@@H](O)[C@@H]6O)[C@@H](NC(C)=O)C(O)O[C@@H]5CO)[C@@H]4O)O[C@@H]3CO)[C@@H]2O)O[C@H](CO)[C@@H](O[C@@H]2O[C@H](CO)[C@H](O)[C@H](O)[C@H]2O)[C@@H]1O. The van der Waals surface area contributed by atoms with Crippen LogP contribution < -0.4 is 16.0 Å². The maximum Gasteiger partial charge on any atom is 0.217 e. The number of hydrogen-bond donors (Lipinski definition) is 22. The van der Waals surface area contributed by atoms with Crippen LogP contribution in [0.4, 0.5) is 0 Å². The Kier molecular flexibility index (Phi) is 25.0. The van der Waals surface area contributed by atoms with Crippen molar-refractivity contribution in [3.63, 3.8) is 0 Å². The zero-order valence-electron chi connectivity index (χ0n) is 46.5. The number of nitrogens with one attached hydrogen (secondary N) is 3. The summed E-state index contributed by atoms with van der Waals surface area (Å²) < 4.78 is 75.6. The van der Waals surface area contributed by atoms with Crippen LogP contribution in [0.3, 0.4) is 0 Å². The van der Waals surface area contributed by atoms with E-state index in [0.717, 1.165) is 20.8 Å². The molecule has 35 atom stereocenters. The minimum atomic E-state index is -2.26. The summed E-state index contributed by atoms with van der Waals surface area (Å²) in [7, 11) is 0. The van der Waals surface area contributed by atoms with Crippen molar-refractivity contribution >= 4 is 17.7 Å². The van der Waals surface area contributed by atoms with Crippen molar-refractivity contribution in [1.82, 2.24) is 16.0 Å². The molecule has 0 aromatic rings. The summed E-state index contributed by atoms with van der Waals surface area (Å²) in [5.74, 6) is -2.53. The molecule has 0 aromatic heterocycles. The van der Waals surface area contributed by atoms with E-state index in [0.29, 0.717) is 0 Å². The molecule has 498 valence electrons. The predicted molar refractivity (Wildman–Crippen MR) is 265 cm³/mol. The van der Waals surface area contributed by atoms with E-state index in [1.165, 1.54) is 6.92 Å². The smallest absolute Gasteiger partial charge is 0.217 e. The Hall–Kier alpha value is -2.87. The fourth-order valence-corrected chi connectivity index (χ4v) is 11.1. The van der Waals surface area contributed by atoms with E-state index >= 15 is 0 Å². The van der Waals surface area contributed by atoms with Crippen LogP contribution in [0, 0.1) is 0 Å². The van der Waals surface area contributed by atoms with E-state index in [4.69, 9.17) is 61.6 Å². The second kappa shape index (κ2) is 30.5. The molecular formula is C48H81N3O35. The van der Waals surface area contributed by atoms with Crippen molar-refractivity contribution in [3.8, 4) is 0 Å². The molecule has 38 nitrogen and oxygen atoms in total. The molecule has 86 heavy (non-hydrogen) atoms. The minimum absolute atomic E-state index is 0.789. The van der Waals surface area contributed by atoms with Crippen LogP contribution in [0.5, 0.6) is 0 Å². The Labute approximate surface area is 488 Å². The zero-order valence-corrected chi connectivity index (χ0v) is 46.5. The van der Waals surface area contributed by atoms with Crippen LogP contribution >= 0.6 is 0 Å². The fourth-order valence-electron chi connectivity index (χ4n) is 11.1. The van der Waals surface area contributed by atoms with Gasteiger partial charge in [0.1, 0.15) is 165 Å². The lowest BCUT2D eigenvalue weighted by Gasteiger charge is -2.51. The van der Waals surface area contributed by atoms with Crippen LogP contribution in [0.15, 0.2) is 0 Å². The first kappa shape index (κ1) is 70.6. The molecule has 7 heterocycles. The van der Waals surface area contributed by atoms with Gasteiger partial charge in [0.2, 0.25) is 17.7 Å². The van der Waals surface area contributed by atoms with Gasteiger partial charge in [0.05, 0.1) is 45.7 Å². The third kappa shape index (κ3) is 15.2. The van der Waals surface area contributed by atoms with Crippen molar-refractivity contribution in [2.45, 2.75) is 242 Å². The molecule has 0 aromatic carbocycles. The number of aliphatic hydroxyl groups is 19. The number of carbonyl (C=O) groups excluding carboxylic acids is 3. The van der Waals surface area contributed by atoms with Crippen LogP contribution in [0.1, 0.15) is 27.7 Å². The summed E-state index contributed by atoms with van der Waals surface area (Å²) >= 11 is 0. The van der Waals surface area contributed by atoms with Gasteiger partial charge in [0, 0.05) is 20.8 Å². The van der Waals surface area contributed by atoms with Crippen molar-refractivity contribution in [1.29, 1.82) is 0 Å². The summed E-state index contributed by atoms with van der Waals surface area (Å²) in [6, 6.07) is -5.29. The molecule has 3 amide bonds. The quantitative estimate of drug-likeness (QED) is 0.0507. The fraction of sp³-hybridized carbons (Fsp3) is 0.938. The summed E-state index contributed by atoms with van der Waals surface area (Å²) in [5, 5.41) is 214. The van der Waals surface area contributed by atoms with Gasteiger partial charge in [-0.2, -0.15) is 0 Å². The molecule has 7 rings (SSSR count). The standard InChI is InChI=1S/C48H81N3O35/c1-11-24(61)30(67)32(69)45(74-11)84-39-23(51-14(4)60)42(73)75-20(10-57)38(39)83-48-35(72)41(27(64)17(7-54)78-48)86-44-22(50-13(3)59)29(66)37(19(9-56)80-44)82-47-34(71)40(26(63)16(6-53)77-47)85-43-21(49-12(2)58)28(65)36(18(8-55)79-43)81-46-33(70)31(68)25(62)15(5-52)76-46/h11,15-48,52-57,61-73H,5-10H2,1-4H3,(H,49,58)(H,50,59)(H,51,60)/t11-,15+,16+,17+,18+,19+,20+,21+,22+,23+,24+,25-,26-,27-,28+,29+,30+,31-,32-,33+,34+,35+,36+,37+,38+,39+,40-,41-,42?,43-,44-,45-,46-,47-,48-/m0/s1. The Morgan fingerprint density at radius 3 is 1.00 bits per heavy atom. The number of rotatable bonds is 21. The van der Waals surface area contributed by atoms with E-state index < -0.39 is 272 Å². The lowest BCUT2D eigenvalue weighted by molar-refractivity contribution is -0.389. The van der Waals surface area contributed by atoms with Crippen molar-refractivity contribution in [3.05, 3.63) is 0 Å². The minimum Gasteiger partial charge on any atom is -0.394 e. The molecule has 0 aliphatic carbocycles. The molecule has 0 spiro atoms. The van der Waals surface area contributed by atoms with E-state index in [-0.39, 0.29) is 0 Å². The summed E-state index contributed by atoms with van der Waals surface area (Å²) in [4.78, 5) is 37.8. The molecule has 7 fully saturated rings. The average Bonchev–Trinajstić information content (AvgIpc) is 0.890. The highest BCUT2D eigenvalue weighted by Crippen LogP contribution is 2.38. The first-order valence-electron chi connectivity index (χ1n) is 27.5. The molecule has 0 radical (unpaired) electrons. The molecule has 22 N–H and O–H groups in total. The molecular weight excluding hydrogens is 1180 g/mol. The lowest BCUT2D eigenvalue weighted by atomic mass is 9.93. The van der Waals surface area contributed by atoms with Gasteiger partial charge in [0.15, 0.2) is 44.0 Å². The number of hydrogen-bond acceptors (Lipinski definition) is 35. The third-order valence-corrected chi connectivity index (χ3v) is 15.7. The van der Waals surface area contributed by atoms with Crippen molar-refractivity contribution < 1.29 is 173 Å². The topological polar surface area (TPSA) is 592 Å². The first-order valence-corrected chi connectivity index (χ1v) is 27.5. The summed E-state index contributed by atoms with van der Waals surface area (Å²) in [6.45, 7) is -1.77. The molecule has 7 aliphatic rings. The number of carbonyl (C=O) groups is 3. The molecule has 1 unspecified atom stereocenters. The van der Waals surface area contributed by atoms with E-state index in [9.17, 15) is 111 Å². The normalized spacial score (nSPS) is 49.4. The van der Waals surface area contributed by atoms with Crippen LogP contribution in [-0.4, -0.2) is 369 Å². The molecule has 38 heteroatoms. The van der Waals surface area contributed by atoms with Crippen LogP contribution in [-0.2, 0) is 76.0 Å². The molecule has 0 bridgehead atoms. The average molecular weight is 1260 g/mol. The van der Waals surface area contributed by atoms with Crippen LogP contribution in [0.25, 0.3) is 0 Å². The third-order valence-electron chi connectivity index (χ3n) is 15.7. The molecule has 7 saturated heterocycles. The zero-order chi connectivity index (χ0) is 63.5. The highest BCUT2D eigenvalue weighted by molar-refractivity contribution is 5.74. The first-order chi connectivity index (χ1) is 40.6. The predicted octanol–water partition coefficient (Wildman–Crippen LogP) is -14.8. The second-order valence-corrected chi connectivity index (χ2v) is 21.8. The van der Waals surface area contributed by atoms with Gasteiger partial charge < -0.3 is 175 Å². The van der Waals surface area contributed by atoms with Crippen molar-refractivity contribution in [2.75, 3.05) is 39.6 Å². The van der Waals surface area contributed by atoms with E-state index in [1.807, 2.05) is 0 Å². The van der Waals surface area contributed by atoms with Gasteiger partial charge in [-0.15, -0.1) is 0 Å². The summed E-state index contributed by atoms with van der Waals surface area (Å²) in [6.07, 6.45) is -60.8. The van der Waals surface area contributed by atoms with Crippen molar-refractivity contribution in [2.24, 2.45) is 0 Å². The van der Waals surface area contributed by atoms with Gasteiger partial charge in [-0.05, 0) is 6.92 Å². The van der Waals surface area contributed by atoms with E-state index in [2.05, 4.69) is 16.0 Å². The Bertz CT molecular complexity index is 2170. The number of ether oxygens (including phenoxy) is 13. The Morgan fingerprint density at radius 1 is 0.302 bits per heavy atom. The highest BCUT2D eigenvalue weighted by Gasteiger charge is 2.59. The van der Waals surface area contributed by atoms with Gasteiger partial charge in [-0.25, -0.2) is 0 Å².